The van der Waals surface area contributed by atoms with Crippen molar-refractivity contribution in [3.05, 3.63) is 60.5 Å². The van der Waals surface area contributed by atoms with Gasteiger partial charge in [0.05, 0.1) is 13.0 Å². The second kappa shape index (κ2) is 8.12. The molecular formula is C21H21N3O4. The van der Waals surface area contributed by atoms with Crippen LogP contribution in [-0.2, 0) is 4.79 Å². The predicted molar refractivity (Wildman–Crippen MR) is 103 cm³/mol. The van der Waals surface area contributed by atoms with Crippen molar-refractivity contribution in [2.75, 3.05) is 32.8 Å². The first-order chi connectivity index (χ1) is 13.7. The maximum atomic E-state index is 12.7. The molecule has 28 heavy (non-hydrogen) atoms. The Labute approximate surface area is 162 Å². The molecule has 2 heterocycles. The molecule has 0 bridgehead atoms. The van der Waals surface area contributed by atoms with E-state index in [2.05, 4.69) is 4.98 Å². The fraction of sp³-hybridized carbons (Fsp3) is 0.286. The van der Waals surface area contributed by atoms with Crippen molar-refractivity contribution >= 4 is 22.9 Å². The van der Waals surface area contributed by atoms with Gasteiger partial charge in [0.25, 0.3) is 5.91 Å². The summed E-state index contributed by atoms with van der Waals surface area (Å²) in [5, 5.41) is 0. The Balaban J connectivity index is 1.26. The van der Waals surface area contributed by atoms with E-state index in [0.717, 1.165) is 5.75 Å². The molecule has 1 aliphatic heterocycles. The van der Waals surface area contributed by atoms with Crippen molar-refractivity contribution in [2.45, 2.75) is 6.42 Å². The standard InChI is InChI=1S/C21H21N3O4/c25-20(8-13-27-17-4-2-1-3-5-17)23-9-11-24(12-10-23)21(26)16-6-7-19-18(14-16)22-15-28-19/h1-7,14-15H,8-13H2. The van der Waals surface area contributed by atoms with Crippen molar-refractivity contribution < 1.29 is 18.7 Å². The Morgan fingerprint density at radius 2 is 1.75 bits per heavy atom. The van der Waals surface area contributed by atoms with Gasteiger partial charge in [-0.3, -0.25) is 9.59 Å². The highest BCUT2D eigenvalue weighted by Gasteiger charge is 2.25. The molecule has 7 heteroatoms. The highest BCUT2D eigenvalue weighted by Crippen LogP contribution is 2.17. The maximum absolute atomic E-state index is 12.7. The van der Waals surface area contributed by atoms with Crippen LogP contribution >= 0.6 is 0 Å². The largest absolute Gasteiger partial charge is 0.493 e. The van der Waals surface area contributed by atoms with Crippen molar-refractivity contribution in [3.63, 3.8) is 0 Å². The van der Waals surface area contributed by atoms with Gasteiger partial charge >= 0.3 is 0 Å². The van der Waals surface area contributed by atoms with Crippen molar-refractivity contribution in [1.82, 2.24) is 14.8 Å². The lowest BCUT2D eigenvalue weighted by Crippen LogP contribution is -2.50. The first-order valence-corrected chi connectivity index (χ1v) is 9.29. The summed E-state index contributed by atoms with van der Waals surface area (Å²) >= 11 is 0. The number of rotatable bonds is 5. The number of benzene rings is 2. The van der Waals surface area contributed by atoms with Gasteiger partial charge in [-0.05, 0) is 30.3 Å². The molecule has 1 aromatic heterocycles. The highest BCUT2D eigenvalue weighted by molar-refractivity contribution is 5.97. The van der Waals surface area contributed by atoms with Gasteiger partial charge < -0.3 is 19.0 Å². The lowest BCUT2D eigenvalue weighted by atomic mass is 10.1. The van der Waals surface area contributed by atoms with Crippen molar-refractivity contribution in [3.8, 4) is 5.75 Å². The molecule has 0 unspecified atom stereocenters. The third-order valence-electron chi connectivity index (χ3n) is 4.82. The third kappa shape index (κ3) is 3.98. The lowest BCUT2D eigenvalue weighted by molar-refractivity contribution is -0.133. The summed E-state index contributed by atoms with van der Waals surface area (Å²) in [5.74, 6) is 0.756. The summed E-state index contributed by atoms with van der Waals surface area (Å²) in [6.07, 6.45) is 1.69. The summed E-state index contributed by atoms with van der Waals surface area (Å²) < 4.78 is 10.8. The number of amides is 2. The van der Waals surface area contributed by atoms with Gasteiger partial charge in [-0.1, -0.05) is 18.2 Å². The van der Waals surface area contributed by atoms with E-state index in [1.807, 2.05) is 30.3 Å². The SMILES string of the molecule is O=C(CCOc1ccccc1)N1CCN(C(=O)c2ccc3ocnc3c2)CC1. The molecule has 2 amide bonds. The van der Waals surface area contributed by atoms with E-state index in [1.165, 1.54) is 6.39 Å². The molecule has 1 aliphatic rings. The molecule has 0 atom stereocenters. The van der Waals surface area contributed by atoms with Gasteiger partial charge in [0.15, 0.2) is 12.0 Å². The zero-order valence-corrected chi connectivity index (χ0v) is 15.4. The second-order valence-electron chi connectivity index (χ2n) is 6.62. The Hall–Kier alpha value is -3.35. The molecule has 0 aliphatic carbocycles. The van der Waals surface area contributed by atoms with Crippen LogP contribution in [0.5, 0.6) is 5.75 Å². The van der Waals surface area contributed by atoms with E-state index >= 15 is 0 Å². The van der Waals surface area contributed by atoms with Crippen molar-refractivity contribution in [1.29, 1.82) is 0 Å². The minimum atomic E-state index is -0.0515. The van der Waals surface area contributed by atoms with E-state index in [4.69, 9.17) is 9.15 Å². The van der Waals surface area contributed by atoms with Gasteiger partial charge in [0.1, 0.15) is 11.3 Å². The van der Waals surface area contributed by atoms with Crippen LogP contribution in [0.4, 0.5) is 0 Å². The number of carbonyl (C=O) groups is 2. The van der Waals surface area contributed by atoms with Gasteiger partial charge in [0, 0.05) is 31.7 Å². The average Bonchev–Trinajstić information content (AvgIpc) is 3.22. The van der Waals surface area contributed by atoms with Crippen LogP contribution in [0.1, 0.15) is 16.8 Å². The topological polar surface area (TPSA) is 75.9 Å². The lowest BCUT2D eigenvalue weighted by Gasteiger charge is -2.34. The number of para-hydroxylation sites is 1. The minimum Gasteiger partial charge on any atom is -0.493 e. The van der Waals surface area contributed by atoms with E-state index in [0.29, 0.717) is 55.9 Å². The molecule has 1 fully saturated rings. The predicted octanol–water partition coefficient (Wildman–Crippen LogP) is 2.58. The molecule has 0 spiro atoms. The monoisotopic (exact) mass is 379 g/mol. The summed E-state index contributed by atoms with van der Waals surface area (Å²) in [6, 6.07) is 14.7. The number of oxazole rings is 1. The summed E-state index contributed by atoms with van der Waals surface area (Å²) in [7, 11) is 0. The van der Waals surface area contributed by atoms with Gasteiger partial charge in [-0.15, -0.1) is 0 Å². The van der Waals surface area contributed by atoms with Crippen LogP contribution in [0, 0.1) is 0 Å². The number of hydrogen-bond donors (Lipinski definition) is 0. The third-order valence-corrected chi connectivity index (χ3v) is 4.82. The first kappa shape index (κ1) is 18.0. The number of ether oxygens (including phenoxy) is 1. The molecule has 0 N–H and O–H groups in total. The summed E-state index contributed by atoms with van der Waals surface area (Å²) in [5.41, 5.74) is 1.90. The Morgan fingerprint density at radius 1 is 1.00 bits per heavy atom. The van der Waals surface area contributed by atoms with E-state index in [9.17, 15) is 9.59 Å². The van der Waals surface area contributed by atoms with E-state index < -0.39 is 0 Å². The molecule has 0 radical (unpaired) electrons. The molecule has 1 saturated heterocycles. The average molecular weight is 379 g/mol. The Bertz CT molecular complexity index is 962. The highest BCUT2D eigenvalue weighted by atomic mass is 16.5. The molecule has 144 valence electrons. The number of aromatic nitrogens is 1. The number of piperazine rings is 1. The van der Waals surface area contributed by atoms with Crippen molar-refractivity contribution in [2.24, 2.45) is 0 Å². The second-order valence-corrected chi connectivity index (χ2v) is 6.62. The quantitative estimate of drug-likeness (QED) is 0.681. The zero-order valence-electron chi connectivity index (χ0n) is 15.4. The number of nitrogens with zero attached hydrogens (tertiary/aromatic N) is 3. The van der Waals surface area contributed by atoms with E-state index in [-0.39, 0.29) is 11.8 Å². The summed E-state index contributed by atoms with van der Waals surface area (Å²) in [6.45, 7) is 2.44. The zero-order chi connectivity index (χ0) is 19.3. The molecule has 0 saturated carbocycles. The molecule has 2 aromatic carbocycles. The number of carbonyl (C=O) groups excluding carboxylic acids is 2. The fourth-order valence-electron chi connectivity index (χ4n) is 3.26. The van der Waals surface area contributed by atoms with Gasteiger partial charge in [-0.25, -0.2) is 4.98 Å². The fourth-order valence-corrected chi connectivity index (χ4v) is 3.26. The number of hydrogen-bond acceptors (Lipinski definition) is 5. The van der Waals surface area contributed by atoms with Crippen LogP contribution in [0.15, 0.2) is 59.3 Å². The van der Waals surface area contributed by atoms with Crippen LogP contribution < -0.4 is 4.74 Å². The minimum absolute atomic E-state index is 0.0482. The molecule has 7 nitrogen and oxygen atoms in total. The molecule has 4 rings (SSSR count). The normalized spacial score (nSPS) is 14.3. The Kier molecular flexibility index (Phi) is 5.23. The van der Waals surface area contributed by atoms with Crippen LogP contribution in [0.25, 0.3) is 11.1 Å². The van der Waals surface area contributed by atoms with Crippen LogP contribution in [-0.4, -0.2) is 59.4 Å². The molecule has 3 aromatic rings. The van der Waals surface area contributed by atoms with Gasteiger partial charge in [-0.2, -0.15) is 0 Å². The van der Waals surface area contributed by atoms with Crippen LogP contribution in [0.2, 0.25) is 0 Å². The van der Waals surface area contributed by atoms with Gasteiger partial charge in [0.2, 0.25) is 5.91 Å². The molecular weight excluding hydrogens is 358 g/mol. The maximum Gasteiger partial charge on any atom is 0.254 e. The number of fused-ring (bicyclic) bond motifs is 1. The Morgan fingerprint density at radius 3 is 2.54 bits per heavy atom. The van der Waals surface area contributed by atoms with Crippen LogP contribution in [0.3, 0.4) is 0 Å². The smallest absolute Gasteiger partial charge is 0.254 e. The summed E-state index contributed by atoms with van der Waals surface area (Å²) in [4.78, 5) is 32.7. The first-order valence-electron chi connectivity index (χ1n) is 9.29. The van der Waals surface area contributed by atoms with E-state index in [1.54, 1.807) is 28.0 Å².